The van der Waals surface area contributed by atoms with Gasteiger partial charge in [0.05, 0.1) is 17.5 Å². The molecule has 4 aromatic heterocycles. The third-order valence-electron chi connectivity index (χ3n) is 6.59. The molecule has 38 heavy (non-hydrogen) atoms. The summed E-state index contributed by atoms with van der Waals surface area (Å²) < 4.78 is 53.9. The van der Waals surface area contributed by atoms with Gasteiger partial charge in [0, 0.05) is 61.8 Å². The second-order valence-corrected chi connectivity index (χ2v) is 10.3. The van der Waals surface area contributed by atoms with Crippen molar-refractivity contribution in [2.45, 2.75) is 44.6 Å². The van der Waals surface area contributed by atoms with Crippen molar-refractivity contribution in [2.24, 2.45) is 0 Å². The Hall–Kier alpha value is -3.38. The number of alkyl halides is 4. The molecule has 1 aliphatic rings. The molecule has 5 rings (SSSR count). The third-order valence-corrected chi connectivity index (χ3v) is 7.57. The largest absolute Gasteiger partial charge is 0.389 e. The number of Topliss-reactive ketones (excluding diaryl/α,β-unsaturated/α-hetero) is 1. The molecule has 1 aliphatic heterocycles. The first-order valence-electron chi connectivity index (χ1n) is 12.3. The number of fused-ring (bicyclic) bond motifs is 1. The number of rotatable bonds is 9. The number of ketones is 1. The molecule has 7 nitrogen and oxygen atoms in total. The van der Waals surface area contributed by atoms with Crippen LogP contribution < -0.4 is 5.56 Å². The van der Waals surface area contributed by atoms with E-state index in [4.69, 9.17) is 0 Å². The molecule has 200 valence electrons. The highest BCUT2D eigenvalue weighted by atomic mass is 32.1. The lowest BCUT2D eigenvalue weighted by molar-refractivity contribution is -0.133. The number of pyridine rings is 1. The van der Waals surface area contributed by atoms with Crippen LogP contribution in [0, 0.1) is 0 Å². The van der Waals surface area contributed by atoms with Crippen LogP contribution in [-0.2, 0) is 6.54 Å². The zero-order chi connectivity index (χ0) is 26.9. The minimum Gasteiger partial charge on any atom is -0.315 e. The van der Waals surface area contributed by atoms with Crippen molar-refractivity contribution in [2.75, 3.05) is 19.6 Å². The van der Waals surface area contributed by atoms with E-state index in [9.17, 15) is 27.2 Å². The highest BCUT2D eigenvalue weighted by Gasteiger charge is 2.28. The predicted octanol–water partition coefficient (Wildman–Crippen LogP) is 5.25. The van der Waals surface area contributed by atoms with Gasteiger partial charge in [-0.25, -0.2) is 13.9 Å². The molecule has 4 aromatic rings. The number of aromatic nitrogens is 4. The molecule has 12 heteroatoms. The monoisotopic (exact) mass is 547 g/mol. The Morgan fingerprint density at radius 1 is 1.13 bits per heavy atom. The average molecular weight is 548 g/mol. The van der Waals surface area contributed by atoms with Crippen LogP contribution in [0.4, 0.5) is 17.6 Å². The van der Waals surface area contributed by atoms with E-state index in [0.29, 0.717) is 47.4 Å². The molecule has 1 fully saturated rings. The third kappa shape index (κ3) is 6.02. The summed E-state index contributed by atoms with van der Waals surface area (Å²) in [6.07, 6.45) is 1.16. The Labute approximate surface area is 219 Å². The highest BCUT2D eigenvalue weighted by molar-refractivity contribution is 7.12. The zero-order valence-electron chi connectivity index (χ0n) is 20.3. The summed E-state index contributed by atoms with van der Waals surface area (Å²) in [6, 6.07) is 4.94. The number of likely N-dealkylation sites (tertiary alicyclic amines) is 1. The molecular weight excluding hydrogens is 522 g/mol. The van der Waals surface area contributed by atoms with E-state index in [2.05, 4.69) is 15.0 Å². The number of nitrogens with zero attached hydrogens (tertiary/aromatic N) is 5. The normalized spacial score (nSPS) is 16.5. The summed E-state index contributed by atoms with van der Waals surface area (Å²) in [5.41, 5.74) is 3.05. The fourth-order valence-corrected chi connectivity index (χ4v) is 5.43. The fourth-order valence-electron chi connectivity index (χ4n) is 4.55. The Bertz CT molecular complexity index is 1510. The quantitative estimate of drug-likeness (QED) is 0.212. The van der Waals surface area contributed by atoms with Gasteiger partial charge in [-0.3, -0.25) is 9.59 Å². The number of carbonyl (C=O) groups is 1. The second-order valence-electron chi connectivity index (χ2n) is 9.39. The molecule has 5 heterocycles. The van der Waals surface area contributed by atoms with E-state index < -0.39 is 31.0 Å². The van der Waals surface area contributed by atoms with Gasteiger partial charge in [-0.2, -0.15) is 18.3 Å². The number of carbonyl (C=O) groups excluding carboxylic acids is 1. The van der Waals surface area contributed by atoms with Gasteiger partial charge in [0.1, 0.15) is 6.17 Å². The van der Waals surface area contributed by atoms with Crippen molar-refractivity contribution in [1.29, 1.82) is 0 Å². The first kappa shape index (κ1) is 26.2. The number of halogens is 4. The Morgan fingerprint density at radius 2 is 1.97 bits per heavy atom. The van der Waals surface area contributed by atoms with Crippen molar-refractivity contribution in [1.82, 2.24) is 24.1 Å². The number of hydrogen-bond donors (Lipinski definition) is 0. The zero-order valence-corrected chi connectivity index (χ0v) is 21.1. The summed E-state index contributed by atoms with van der Waals surface area (Å²) in [4.78, 5) is 31.6. The maximum atomic E-state index is 13.3. The summed E-state index contributed by atoms with van der Waals surface area (Å²) in [7, 11) is 0. The number of aryl methyl sites for hydroxylation is 1. The summed E-state index contributed by atoms with van der Waals surface area (Å²) >= 11 is 1.09. The van der Waals surface area contributed by atoms with Gasteiger partial charge in [-0.15, -0.1) is 11.3 Å². The lowest BCUT2D eigenvalue weighted by Crippen LogP contribution is -2.25. The molecule has 0 N–H and O–H groups in total. The molecule has 0 aromatic carbocycles. The van der Waals surface area contributed by atoms with E-state index in [-0.39, 0.29) is 10.4 Å². The number of thiophene rings is 1. The summed E-state index contributed by atoms with van der Waals surface area (Å²) in [5, 5.41) is 6.04. The van der Waals surface area contributed by atoms with Crippen LogP contribution in [0.3, 0.4) is 0 Å². The maximum absolute atomic E-state index is 13.3. The molecule has 0 aliphatic carbocycles. The van der Waals surface area contributed by atoms with E-state index in [0.717, 1.165) is 30.8 Å². The topological polar surface area (TPSA) is 72.5 Å². The smallest absolute Gasteiger partial charge is 0.315 e. The van der Waals surface area contributed by atoms with Gasteiger partial charge in [0.2, 0.25) is 0 Å². The second kappa shape index (κ2) is 10.8. The SMILES string of the molecule is O=C(CCC(F)(F)F)c1cc(-c2cnn3cc(-c4ccn(CCCN5CC[C@H](F)C5)c(=O)c4)cnc23)cs1. The minimum absolute atomic E-state index is 0.144. The fraction of sp³-hybridized carbons (Fsp3) is 0.385. The van der Waals surface area contributed by atoms with Crippen molar-refractivity contribution in [3.63, 3.8) is 0 Å². The Kier molecular flexibility index (Phi) is 7.44. The van der Waals surface area contributed by atoms with Gasteiger partial charge in [-0.05, 0) is 48.0 Å². The van der Waals surface area contributed by atoms with Crippen molar-refractivity contribution in [3.8, 4) is 22.3 Å². The van der Waals surface area contributed by atoms with Gasteiger partial charge in [-0.1, -0.05) is 0 Å². The standard InChI is InChI=1S/C26H25F4N5O2S/c27-20-4-8-33(15-20)6-1-7-34-9-3-17(11-24(34)37)19-12-31-25-21(13-32-35(25)14-19)18-10-23(38-16-18)22(36)2-5-26(28,29)30/h3,9-14,16,20H,1-2,4-8,15H2/t20-/m0/s1. The first-order valence-corrected chi connectivity index (χ1v) is 13.1. The van der Waals surface area contributed by atoms with Crippen molar-refractivity contribution >= 4 is 22.8 Å². The first-order chi connectivity index (χ1) is 18.2. The van der Waals surface area contributed by atoms with Gasteiger partial charge in [0.25, 0.3) is 5.56 Å². The van der Waals surface area contributed by atoms with Crippen molar-refractivity contribution in [3.05, 3.63) is 63.6 Å². The van der Waals surface area contributed by atoms with Crippen LogP contribution in [0.1, 0.15) is 35.4 Å². The minimum atomic E-state index is -4.37. The Balaban J connectivity index is 1.27. The van der Waals surface area contributed by atoms with Gasteiger partial charge in [0.15, 0.2) is 11.4 Å². The highest BCUT2D eigenvalue weighted by Crippen LogP contribution is 2.31. The Morgan fingerprint density at radius 3 is 2.71 bits per heavy atom. The van der Waals surface area contributed by atoms with Crippen LogP contribution in [0.5, 0.6) is 0 Å². The van der Waals surface area contributed by atoms with Crippen LogP contribution in [-0.4, -0.2) is 61.8 Å². The summed E-state index contributed by atoms with van der Waals surface area (Å²) in [6.45, 7) is 2.53. The van der Waals surface area contributed by atoms with Crippen molar-refractivity contribution < 1.29 is 22.4 Å². The molecule has 1 atom stereocenters. The molecule has 0 saturated carbocycles. The lowest BCUT2D eigenvalue weighted by atomic mass is 10.1. The van der Waals surface area contributed by atoms with Crippen LogP contribution in [0.25, 0.3) is 27.9 Å². The van der Waals surface area contributed by atoms with E-state index in [1.807, 2.05) is 6.07 Å². The number of hydrogen-bond acceptors (Lipinski definition) is 6. The van der Waals surface area contributed by atoms with E-state index in [1.54, 1.807) is 51.4 Å². The molecule has 0 spiro atoms. The lowest BCUT2D eigenvalue weighted by Gasteiger charge is -2.14. The molecule has 0 unspecified atom stereocenters. The van der Waals surface area contributed by atoms with E-state index in [1.165, 1.54) is 0 Å². The average Bonchev–Trinajstić information content (AvgIpc) is 3.62. The van der Waals surface area contributed by atoms with Crippen LogP contribution >= 0.6 is 11.3 Å². The predicted molar refractivity (Wildman–Crippen MR) is 136 cm³/mol. The van der Waals surface area contributed by atoms with Crippen LogP contribution in [0.2, 0.25) is 0 Å². The molecular formula is C26H25F4N5O2S. The molecule has 0 bridgehead atoms. The van der Waals surface area contributed by atoms with Gasteiger partial charge >= 0.3 is 6.18 Å². The molecule has 0 radical (unpaired) electrons. The maximum Gasteiger partial charge on any atom is 0.389 e. The van der Waals surface area contributed by atoms with Gasteiger partial charge < -0.3 is 9.47 Å². The van der Waals surface area contributed by atoms with E-state index >= 15 is 0 Å². The molecule has 0 amide bonds. The molecule has 1 saturated heterocycles. The summed E-state index contributed by atoms with van der Waals surface area (Å²) in [5.74, 6) is -0.551. The van der Waals surface area contributed by atoms with Crippen LogP contribution in [0.15, 0.2) is 53.2 Å².